The van der Waals surface area contributed by atoms with Crippen LogP contribution in [0.1, 0.15) is 0 Å². The molecule has 0 atom stereocenters. The Morgan fingerprint density at radius 2 is 0.825 bits per heavy atom. The molecule has 10 heteroatoms. The summed E-state index contributed by atoms with van der Waals surface area (Å²) in [5.74, 6) is 2.19. The lowest BCUT2D eigenvalue weighted by Gasteiger charge is -1.96. The molecular weight excluding hydrogens is 500 g/mol. The molecule has 10 nitrogen and oxygen atoms in total. The number of hydrogen-bond acceptors (Lipinski definition) is 8. The number of H-pyrrole nitrogens is 2. The lowest BCUT2D eigenvalue weighted by Crippen LogP contribution is -1.83. The molecule has 186 valence electrons. The maximum Gasteiger partial charge on any atom is 0.166 e. The smallest absolute Gasteiger partial charge is 0.166 e. The molecule has 0 amide bonds. The molecule has 0 saturated carbocycles. The summed E-state index contributed by atoms with van der Waals surface area (Å²) in [6.45, 7) is 0. The van der Waals surface area contributed by atoms with Gasteiger partial charge in [0.05, 0.1) is 0 Å². The van der Waals surface area contributed by atoms with Gasteiger partial charge in [-0.2, -0.15) is 0 Å². The van der Waals surface area contributed by atoms with Gasteiger partial charge in [-0.25, -0.2) is 29.9 Å². The fraction of sp³-hybridized carbons (Fsp3) is 0. The molecule has 0 saturated heterocycles. The van der Waals surface area contributed by atoms with Gasteiger partial charge in [0.1, 0.15) is 22.6 Å². The van der Waals surface area contributed by atoms with Crippen LogP contribution in [0, 0.1) is 0 Å². The predicted molar refractivity (Wildman–Crippen MR) is 152 cm³/mol. The lowest BCUT2D eigenvalue weighted by atomic mass is 10.1. The van der Waals surface area contributed by atoms with E-state index in [-0.39, 0.29) is 0 Å². The van der Waals surface area contributed by atoms with Crippen LogP contribution >= 0.6 is 0 Å². The Kier molecular flexibility index (Phi) is 4.11. The summed E-state index contributed by atoms with van der Waals surface area (Å²) >= 11 is 0. The molecule has 0 radical (unpaired) electrons. The first-order valence-corrected chi connectivity index (χ1v) is 12.7. The van der Waals surface area contributed by atoms with Crippen molar-refractivity contribution in [3.05, 3.63) is 85.5 Å². The molecular formula is C30H16N10. The first-order chi connectivity index (χ1) is 19.8. The van der Waals surface area contributed by atoms with Crippen LogP contribution in [0.5, 0.6) is 0 Å². The molecule has 2 aromatic carbocycles. The number of aromatic amines is 2. The van der Waals surface area contributed by atoms with Crippen molar-refractivity contribution >= 4 is 44.1 Å². The Morgan fingerprint density at radius 3 is 1.45 bits per heavy atom. The number of nitrogens with zero attached hydrogens (tertiary/aromatic N) is 8. The monoisotopic (exact) mass is 516 g/mol. The summed E-state index contributed by atoms with van der Waals surface area (Å²) in [4.78, 5) is 45.1. The van der Waals surface area contributed by atoms with Crippen molar-refractivity contribution in [1.82, 2.24) is 49.8 Å². The van der Waals surface area contributed by atoms with Gasteiger partial charge in [-0.3, -0.25) is 9.97 Å². The van der Waals surface area contributed by atoms with Crippen molar-refractivity contribution in [3.63, 3.8) is 0 Å². The molecule has 7 aromatic rings. The number of fused-ring (bicyclic) bond motifs is 20. The van der Waals surface area contributed by atoms with Gasteiger partial charge < -0.3 is 9.97 Å². The normalized spacial score (nSPS) is 12.0. The van der Waals surface area contributed by atoms with Gasteiger partial charge >= 0.3 is 0 Å². The lowest BCUT2D eigenvalue weighted by molar-refractivity contribution is 1.19. The Morgan fingerprint density at radius 1 is 0.375 bits per heavy atom. The van der Waals surface area contributed by atoms with E-state index in [1.807, 2.05) is 60.7 Å². The highest BCUT2D eigenvalue weighted by Crippen LogP contribution is 2.36. The zero-order valence-corrected chi connectivity index (χ0v) is 20.7. The molecule has 9 rings (SSSR count). The molecule has 2 aliphatic heterocycles. The third-order valence-electron chi connectivity index (χ3n) is 7.25. The maximum atomic E-state index is 4.99. The minimum atomic E-state index is 0.522. The molecule has 2 aliphatic rings. The summed E-state index contributed by atoms with van der Waals surface area (Å²) in [5.41, 5.74) is 6.00. The van der Waals surface area contributed by atoms with Gasteiger partial charge in [0.15, 0.2) is 23.3 Å². The predicted octanol–water partition coefficient (Wildman–Crippen LogP) is 5.66. The highest BCUT2D eigenvalue weighted by atomic mass is 15.1. The standard InChI is InChI=1S/C30H16N10/c1-3-7-17-15(5-1)23-33-24-16-6-2-4-8-18(16)26(35-24)38-30-22-14-32-12-10-20(22)28(40-30)36-27-19-9-11-31-13-21(19)29(39-27)37-25(17)34-23/h1-14H,(H2,33,34,35,36,37,38,39,40). The molecule has 0 spiro atoms. The van der Waals surface area contributed by atoms with Crippen LogP contribution in [-0.4, -0.2) is 49.8 Å². The van der Waals surface area contributed by atoms with Crippen molar-refractivity contribution in [1.29, 1.82) is 0 Å². The molecule has 5 aromatic heterocycles. The van der Waals surface area contributed by atoms with Crippen LogP contribution in [0.3, 0.4) is 0 Å². The van der Waals surface area contributed by atoms with E-state index in [9.17, 15) is 0 Å². The van der Waals surface area contributed by atoms with Gasteiger partial charge in [0.2, 0.25) is 0 Å². The molecule has 40 heavy (non-hydrogen) atoms. The number of hydrogen-bond donors (Lipinski definition) is 2. The minimum Gasteiger partial charge on any atom is -0.324 e. The van der Waals surface area contributed by atoms with E-state index in [1.54, 1.807) is 24.8 Å². The van der Waals surface area contributed by atoms with E-state index in [0.717, 1.165) is 43.8 Å². The second-order valence-corrected chi connectivity index (χ2v) is 9.54. The first kappa shape index (κ1) is 21.1. The number of nitrogens with one attached hydrogen (secondary N) is 2. The molecule has 0 aliphatic carbocycles. The number of aromatic nitrogens is 10. The van der Waals surface area contributed by atoms with E-state index in [1.165, 1.54) is 0 Å². The quantitative estimate of drug-likeness (QED) is 0.264. The van der Waals surface area contributed by atoms with Gasteiger partial charge in [-0.1, -0.05) is 48.5 Å². The van der Waals surface area contributed by atoms with Gasteiger partial charge in [0.25, 0.3) is 0 Å². The van der Waals surface area contributed by atoms with E-state index in [2.05, 4.69) is 19.9 Å². The van der Waals surface area contributed by atoms with Gasteiger partial charge in [-0.05, 0) is 12.1 Å². The molecule has 7 heterocycles. The highest BCUT2D eigenvalue weighted by Gasteiger charge is 2.22. The third-order valence-corrected chi connectivity index (χ3v) is 7.25. The molecule has 0 fully saturated rings. The summed E-state index contributed by atoms with van der Waals surface area (Å²) in [5, 5.41) is 3.57. The largest absolute Gasteiger partial charge is 0.324 e. The van der Waals surface area contributed by atoms with Crippen molar-refractivity contribution in [2.45, 2.75) is 0 Å². The van der Waals surface area contributed by atoms with Crippen LogP contribution in [0.4, 0.5) is 0 Å². The second-order valence-electron chi connectivity index (χ2n) is 9.54. The zero-order chi connectivity index (χ0) is 26.2. The van der Waals surface area contributed by atoms with Crippen LogP contribution < -0.4 is 0 Å². The van der Waals surface area contributed by atoms with Crippen molar-refractivity contribution in [2.75, 3.05) is 0 Å². The van der Waals surface area contributed by atoms with E-state index in [0.29, 0.717) is 45.9 Å². The number of rotatable bonds is 0. The SMILES string of the molecule is c1ccc2c(c1)-c1nc-2nc2[nH]c(nc3nc(nc4[nH]c(n1)c1ccccc41)-c1cnccc1-3)c1ccncc21. The molecule has 0 unspecified atom stereocenters. The Balaban J connectivity index is 1.51. The summed E-state index contributed by atoms with van der Waals surface area (Å²) in [7, 11) is 0. The number of pyridine rings is 2. The van der Waals surface area contributed by atoms with Crippen LogP contribution in [-0.2, 0) is 0 Å². The third kappa shape index (κ3) is 2.98. The van der Waals surface area contributed by atoms with Crippen LogP contribution in [0.25, 0.3) is 89.7 Å². The fourth-order valence-electron chi connectivity index (χ4n) is 5.38. The highest BCUT2D eigenvalue weighted by molar-refractivity contribution is 6.06. The van der Waals surface area contributed by atoms with Crippen molar-refractivity contribution in [2.24, 2.45) is 0 Å². The van der Waals surface area contributed by atoms with Crippen molar-refractivity contribution in [3.8, 4) is 45.6 Å². The Labute approximate surface area is 225 Å². The van der Waals surface area contributed by atoms with Gasteiger partial charge in [-0.15, -0.1) is 0 Å². The van der Waals surface area contributed by atoms with E-state index >= 15 is 0 Å². The average Bonchev–Trinajstić information content (AvgIpc) is 3.73. The van der Waals surface area contributed by atoms with E-state index in [4.69, 9.17) is 29.9 Å². The topological polar surface area (TPSA) is 135 Å². The second kappa shape index (κ2) is 7.81. The zero-order valence-electron chi connectivity index (χ0n) is 20.7. The maximum absolute atomic E-state index is 4.99. The number of benzene rings is 2. The van der Waals surface area contributed by atoms with Crippen LogP contribution in [0.2, 0.25) is 0 Å². The average molecular weight is 517 g/mol. The first-order valence-electron chi connectivity index (χ1n) is 12.7. The summed E-state index contributed by atoms with van der Waals surface area (Å²) in [6, 6.07) is 19.8. The summed E-state index contributed by atoms with van der Waals surface area (Å²) in [6.07, 6.45) is 7.02. The fourth-order valence-corrected chi connectivity index (χ4v) is 5.38. The van der Waals surface area contributed by atoms with Crippen molar-refractivity contribution < 1.29 is 0 Å². The minimum absolute atomic E-state index is 0.522. The summed E-state index contributed by atoms with van der Waals surface area (Å²) < 4.78 is 0. The molecule has 8 bridgehead atoms. The van der Waals surface area contributed by atoms with Gasteiger partial charge in [0, 0.05) is 68.6 Å². The molecule has 2 N–H and O–H groups in total. The Hall–Kier alpha value is -5.90. The Bertz CT molecular complexity index is 2030. The van der Waals surface area contributed by atoms with E-state index < -0.39 is 0 Å². The van der Waals surface area contributed by atoms with Crippen LogP contribution in [0.15, 0.2) is 85.5 Å².